The normalized spacial score (nSPS) is 14.8. The van der Waals surface area contributed by atoms with Crippen LogP contribution in [-0.2, 0) is 7.05 Å². The van der Waals surface area contributed by atoms with Crippen molar-refractivity contribution in [3.8, 4) is 22.6 Å². The van der Waals surface area contributed by atoms with Gasteiger partial charge < -0.3 is 15.2 Å². The number of rotatable bonds is 4. The molecule has 7 nitrogen and oxygen atoms in total. The molecular weight excluding hydrogens is 348 g/mol. The molecule has 1 saturated heterocycles. The SMILES string of the molecule is CC(=O)c1c(C)[nH]c(-c2csc(N3CCNCC3)n2)c1-c1ccnn1C. The van der Waals surface area contributed by atoms with E-state index in [1.807, 2.05) is 20.0 Å². The van der Waals surface area contributed by atoms with Crippen molar-refractivity contribution in [2.45, 2.75) is 13.8 Å². The lowest BCUT2D eigenvalue weighted by molar-refractivity contribution is 0.101. The number of aromatic amines is 1. The first kappa shape index (κ1) is 17.0. The van der Waals surface area contributed by atoms with Crippen molar-refractivity contribution in [1.82, 2.24) is 25.1 Å². The zero-order chi connectivity index (χ0) is 18.3. The Morgan fingerprint density at radius 2 is 2.08 bits per heavy atom. The average Bonchev–Trinajstić information content (AvgIpc) is 3.33. The molecule has 1 fully saturated rings. The molecule has 4 rings (SSSR count). The van der Waals surface area contributed by atoms with Gasteiger partial charge in [-0.1, -0.05) is 0 Å². The highest BCUT2D eigenvalue weighted by Gasteiger charge is 2.25. The molecule has 136 valence electrons. The molecule has 0 atom stereocenters. The molecular formula is C18H22N6OS. The number of hydrogen-bond donors (Lipinski definition) is 2. The number of carbonyl (C=O) groups excluding carboxylic acids is 1. The fraction of sp³-hybridized carbons (Fsp3) is 0.389. The third kappa shape index (κ3) is 2.85. The van der Waals surface area contributed by atoms with Gasteiger partial charge >= 0.3 is 0 Å². The summed E-state index contributed by atoms with van der Waals surface area (Å²) in [5.41, 5.74) is 5.11. The van der Waals surface area contributed by atoms with Crippen LogP contribution in [0, 0.1) is 6.92 Å². The maximum atomic E-state index is 12.3. The van der Waals surface area contributed by atoms with E-state index in [-0.39, 0.29) is 5.78 Å². The highest BCUT2D eigenvalue weighted by Crippen LogP contribution is 2.38. The molecule has 3 aromatic rings. The minimum Gasteiger partial charge on any atom is -0.356 e. The lowest BCUT2D eigenvalue weighted by Gasteiger charge is -2.26. The standard InChI is InChI=1S/C18H22N6OS/c1-11-15(12(2)25)16(14-4-5-20-23(14)3)17(21-11)13-10-26-18(22-13)24-8-6-19-7-9-24/h4-5,10,19,21H,6-9H2,1-3H3. The minimum atomic E-state index is 0.0405. The summed E-state index contributed by atoms with van der Waals surface area (Å²) in [7, 11) is 1.89. The maximum Gasteiger partial charge on any atom is 0.186 e. The van der Waals surface area contributed by atoms with Crippen LogP contribution in [0.5, 0.6) is 0 Å². The topological polar surface area (TPSA) is 78.8 Å². The molecule has 0 radical (unpaired) electrons. The number of aromatic nitrogens is 4. The highest BCUT2D eigenvalue weighted by molar-refractivity contribution is 7.14. The lowest BCUT2D eigenvalue weighted by Crippen LogP contribution is -2.43. The van der Waals surface area contributed by atoms with Gasteiger partial charge in [0.25, 0.3) is 0 Å². The number of nitrogens with zero attached hydrogens (tertiary/aromatic N) is 4. The van der Waals surface area contributed by atoms with E-state index in [4.69, 9.17) is 4.98 Å². The van der Waals surface area contributed by atoms with Gasteiger partial charge in [0, 0.05) is 61.6 Å². The molecule has 4 heterocycles. The molecule has 3 aromatic heterocycles. The Kier molecular flexibility index (Phi) is 4.37. The van der Waals surface area contributed by atoms with Gasteiger partial charge in [-0.15, -0.1) is 11.3 Å². The Labute approximate surface area is 156 Å². The van der Waals surface area contributed by atoms with Crippen LogP contribution in [0.4, 0.5) is 5.13 Å². The minimum absolute atomic E-state index is 0.0405. The Balaban J connectivity index is 1.82. The molecule has 1 aliphatic heterocycles. The molecule has 0 amide bonds. The maximum absolute atomic E-state index is 12.3. The fourth-order valence-electron chi connectivity index (χ4n) is 3.51. The predicted octanol–water partition coefficient (Wildman–Crippen LogP) is 2.46. The number of thiazole rings is 1. The summed E-state index contributed by atoms with van der Waals surface area (Å²) in [5, 5.41) is 10.7. The van der Waals surface area contributed by atoms with Crippen molar-refractivity contribution in [3.05, 3.63) is 28.9 Å². The summed E-state index contributed by atoms with van der Waals surface area (Å²) < 4.78 is 1.79. The third-order valence-corrected chi connectivity index (χ3v) is 5.65. The fourth-order valence-corrected chi connectivity index (χ4v) is 4.38. The van der Waals surface area contributed by atoms with E-state index in [0.29, 0.717) is 5.56 Å². The van der Waals surface area contributed by atoms with E-state index in [1.165, 1.54) is 0 Å². The van der Waals surface area contributed by atoms with Gasteiger partial charge in [0.2, 0.25) is 0 Å². The van der Waals surface area contributed by atoms with E-state index < -0.39 is 0 Å². The number of nitrogens with one attached hydrogen (secondary N) is 2. The van der Waals surface area contributed by atoms with E-state index in [9.17, 15) is 4.79 Å². The summed E-state index contributed by atoms with van der Waals surface area (Å²) in [6.45, 7) is 7.42. The molecule has 0 unspecified atom stereocenters. The Morgan fingerprint density at radius 1 is 1.31 bits per heavy atom. The molecule has 0 aliphatic carbocycles. The summed E-state index contributed by atoms with van der Waals surface area (Å²) in [4.78, 5) is 22.9. The number of carbonyl (C=O) groups is 1. The predicted molar refractivity (Wildman–Crippen MR) is 104 cm³/mol. The van der Waals surface area contributed by atoms with E-state index in [1.54, 1.807) is 29.1 Å². The van der Waals surface area contributed by atoms with E-state index in [2.05, 4.69) is 25.7 Å². The summed E-state index contributed by atoms with van der Waals surface area (Å²) in [6.07, 6.45) is 1.75. The lowest BCUT2D eigenvalue weighted by atomic mass is 10.0. The summed E-state index contributed by atoms with van der Waals surface area (Å²) in [6, 6.07) is 1.93. The molecule has 26 heavy (non-hydrogen) atoms. The number of hydrogen-bond acceptors (Lipinski definition) is 6. The van der Waals surface area contributed by atoms with Crippen LogP contribution >= 0.6 is 11.3 Å². The third-order valence-electron chi connectivity index (χ3n) is 4.75. The van der Waals surface area contributed by atoms with Crippen LogP contribution in [-0.4, -0.2) is 51.7 Å². The largest absolute Gasteiger partial charge is 0.356 e. The zero-order valence-electron chi connectivity index (χ0n) is 15.2. The van der Waals surface area contributed by atoms with Crippen LogP contribution in [0.25, 0.3) is 22.6 Å². The van der Waals surface area contributed by atoms with Crippen LogP contribution in [0.2, 0.25) is 0 Å². The second-order valence-corrected chi connectivity index (χ2v) is 7.36. The molecule has 0 bridgehead atoms. The van der Waals surface area contributed by atoms with Gasteiger partial charge in [0.1, 0.15) is 5.69 Å². The number of piperazine rings is 1. The number of aryl methyl sites for hydroxylation is 2. The molecule has 1 aliphatic rings. The monoisotopic (exact) mass is 370 g/mol. The summed E-state index contributed by atoms with van der Waals surface area (Å²) in [5.74, 6) is 0.0405. The Morgan fingerprint density at radius 3 is 2.73 bits per heavy atom. The van der Waals surface area contributed by atoms with E-state index >= 15 is 0 Å². The average molecular weight is 370 g/mol. The van der Waals surface area contributed by atoms with Crippen molar-refractivity contribution in [1.29, 1.82) is 0 Å². The highest BCUT2D eigenvalue weighted by atomic mass is 32.1. The van der Waals surface area contributed by atoms with Crippen molar-refractivity contribution in [2.24, 2.45) is 7.05 Å². The van der Waals surface area contributed by atoms with Gasteiger partial charge in [-0.2, -0.15) is 5.10 Å². The Bertz CT molecular complexity index is 947. The molecule has 8 heteroatoms. The zero-order valence-corrected chi connectivity index (χ0v) is 16.0. The molecule has 0 aromatic carbocycles. The smallest absolute Gasteiger partial charge is 0.186 e. The number of anilines is 1. The van der Waals surface area contributed by atoms with Gasteiger partial charge in [0.15, 0.2) is 10.9 Å². The second kappa shape index (κ2) is 6.69. The first-order valence-electron chi connectivity index (χ1n) is 8.69. The Hall–Kier alpha value is -2.45. The first-order valence-corrected chi connectivity index (χ1v) is 9.57. The van der Waals surface area contributed by atoms with Crippen LogP contribution in [0.15, 0.2) is 17.6 Å². The number of ketones is 1. The van der Waals surface area contributed by atoms with Crippen LogP contribution in [0.1, 0.15) is 23.0 Å². The van der Waals surface area contributed by atoms with Gasteiger partial charge in [-0.3, -0.25) is 9.48 Å². The number of H-pyrrole nitrogens is 1. The van der Waals surface area contributed by atoms with Crippen molar-refractivity contribution < 1.29 is 4.79 Å². The van der Waals surface area contributed by atoms with Gasteiger partial charge in [0.05, 0.1) is 11.4 Å². The quantitative estimate of drug-likeness (QED) is 0.690. The molecule has 0 saturated carbocycles. The van der Waals surface area contributed by atoms with Crippen molar-refractivity contribution in [2.75, 3.05) is 31.1 Å². The number of Topliss-reactive ketones (excluding diaryl/α,β-unsaturated/α-hetero) is 1. The van der Waals surface area contributed by atoms with Gasteiger partial charge in [-0.05, 0) is 19.9 Å². The first-order chi connectivity index (χ1) is 12.6. The van der Waals surface area contributed by atoms with E-state index in [0.717, 1.165) is 59.6 Å². The molecule has 0 spiro atoms. The van der Waals surface area contributed by atoms with Gasteiger partial charge in [-0.25, -0.2) is 4.98 Å². The van der Waals surface area contributed by atoms with Crippen molar-refractivity contribution >= 4 is 22.3 Å². The second-order valence-electron chi connectivity index (χ2n) is 6.52. The van der Waals surface area contributed by atoms with Crippen molar-refractivity contribution in [3.63, 3.8) is 0 Å². The van der Waals surface area contributed by atoms with Crippen LogP contribution in [0.3, 0.4) is 0 Å². The summed E-state index contributed by atoms with van der Waals surface area (Å²) >= 11 is 1.64. The molecule has 2 N–H and O–H groups in total. The van der Waals surface area contributed by atoms with Crippen LogP contribution < -0.4 is 10.2 Å².